The normalized spacial score (nSPS) is 23.8. The molecule has 4 nitrogen and oxygen atoms in total. The van der Waals surface area contributed by atoms with Crippen LogP contribution in [0.15, 0.2) is 34.9 Å². The van der Waals surface area contributed by atoms with Crippen molar-refractivity contribution >= 4 is 5.91 Å². The second-order valence-corrected chi connectivity index (χ2v) is 7.17. The van der Waals surface area contributed by atoms with Crippen molar-refractivity contribution in [2.24, 2.45) is 11.8 Å². The van der Waals surface area contributed by atoms with Gasteiger partial charge in [-0.2, -0.15) is 0 Å². The number of aryl methyl sites for hydroxylation is 1. The van der Waals surface area contributed by atoms with Gasteiger partial charge in [0.25, 0.3) is 5.91 Å². The van der Waals surface area contributed by atoms with Gasteiger partial charge >= 0.3 is 0 Å². The molecule has 2 heterocycles. The molecular formula is C20H24N2O2. The minimum Gasteiger partial charge on any atom is -0.360 e. The first-order valence-electron chi connectivity index (χ1n) is 9.05. The van der Waals surface area contributed by atoms with E-state index in [0.717, 1.165) is 31.0 Å². The van der Waals surface area contributed by atoms with E-state index in [2.05, 4.69) is 5.16 Å². The van der Waals surface area contributed by atoms with Crippen LogP contribution >= 0.6 is 0 Å². The molecule has 2 aromatic rings. The molecule has 2 atom stereocenters. The smallest absolute Gasteiger partial charge is 0.259 e. The zero-order chi connectivity index (χ0) is 16.5. The number of rotatable bonds is 2. The third-order valence-corrected chi connectivity index (χ3v) is 5.70. The number of benzene rings is 1. The first-order valence-corrected chi connectivity index (χ1v) is 9.05. The number of hydrogen-bond acceptors (Lipinski definition) is 3. The second-order valence-electron chi connectivity index (χ2n) is 7.17. The summed E-state index contributed by atoms with van der Waals surface area (Å²) in [5.41, 5.74) is 2.24. The number of carbonyl (C=O) groups excluding carboxylic acids is 1. The minimum atomic E-state index is 0.0802. The molecule has 1 amide bonds. The van der Waals surface area contributed by atoms with Gasteiger partial charge in [-0.3, -0.25) is 4.79 Å². The zero-order valence-corrected chi connectivity index (χ0v) is 14.2. The minimum absolute atomic E-state index is 0.0802. The van der Waals surface area contributed by atoms with E-state index in [0.29, 0.717) is 22.9 Å². The summed E-state index contributed by atoms with van der Waals surface area (Å²) in [6, 6.07) is 9.83. The number of carbonyl (C=O) groups is 1. The average molecular weight is 324 g/mol. The molecule has 0 spiro atoms. The van der Waals surface area contributed by atoms with Crippen molar-refractivity contribution in [2.75, 3.05) is 13.1 Å². The van der Waals surface area contributed by atoms with Crippen LogP contribution in [0.1, 0.15) is 48.2 Å². The Hall–Kier alpha value is -2.10. The Bertz CT molecular complexity index is 722. The van der Waals surface area contributed by atoms with Gasteiger partial charge in [-0.25, -0.2) is 0 Å². The maximum absolute atomic E-state index is 13.2. The van der Waals surface area contributed by atoms with Gasteiger partial charge in [0.2, 0.25) is 0 Å². The van der Waals surface area contributed by atoms with Gasteiger partial charge in [0, 0.05) is 18.7 Å². The van der Waals surface area contributed by atoms with Crippen LogP contribution in [0.2, 0.25) is 0 Å². The summed E-state index contributed by atoms with van der Waals surface area (Å²) >= 11 is 0. The lowest BCUT2D eigenvalue weighted by Gasteiger charge is -2.41. The predicted molar refractivity (Wildman–Crippen MR) is 92.6 cm³/mol. The molecule has 1 saturated heterocycles. The molecule has 0 unspecified atom stereocenters. The molecule has 4 heteroatoms. The Morgan fingerprint density at radius 1 is 1.12 bits per heavy atom. The van der Waals surface area contributed by atoms with Crippen molar-refractivity contribution in [1.29, 1.82) is 0 Å². The number of amides is 1. The molecule has 1 aromatic carbocycles. The molecule has 1 aliphatic heterocycles. The van der Waals surface area contributed by atoms with Gasteiger partial charge in [0.05, 0.1) is 0 Å². The summed E-state index contributed by atoms with van der Waals surface area (Å²) in [6.07, 6.45) is 6.42. The van der Waals surface area contributed by atoms with Crippen LogP contribution in [0.4, 0.5) is 0 Å². The van der Waals surface area contributed by atoms with Gasteiger partial charge < -0.3 is 9.42 Å². The highest BCUT2D eigenvalue weighted by atomic mass is 16.5. The van der Waals surface area contributed by atoms with Gasteiger partial charge in [-0.15, -0.1) is 0 Å². The van der Waals surface area contributed by atoms with Crippen LogP contribution in [0.5, 0.6) is 0 Å². The van der Waals surface area contributed by atoms with E-state index >= 15 is 0 Å². The van der Waals surface area contributed by atoms with E-state index < -0.39 is 0 Å². The molecule has 0 radical (unpaired) electrons. The van der Waals surface area contributed by atoms with Crippen LogP contribution in [0.25, 0.3) is 11.3 Å². The number of nitrogens with zero attached hydrogens (tertiary/aromatic N) is 2. The first kappa shape index (κ1) is 15.4. The molecule has 2 fully saturated rings. The van der Waals surface area contributed by atoms with Gasteiger partial charge in [-0.05, 0) is 31.6 Å². The molecule has 24 heavy (non-hydrogen) atoms. The fraction of sp³-hybridized carbons (Fsp3) is 0.500. The maximum Gasteiger partial charge on any atom is 0.259 e. The number of fused-ring (bicyclic) bond motifs is 1. The number of piperidine rings is 1. The van der Waals surface area contributed by atoms with Crippen molar-refractivity contribution in [3.63, 3.8) is 0 Å². The zero-order valence-electron chi connectivity index (χ0n) is 14.2. The van der Waals surface area contributed by atoms with Crippen LogP contribution in [-0.4, -0.2) is 29.1 Å². The summed E-state index contributed by atoms with van der Waals surface area (Å²) in [6.45, 7) is 3.58. The molecule has 126 valence electrons. The third-order valence-electron chi connectivity index (χ3n) is 5.70. The first-order chi connectivity index (χ1) is 11.7. The van der Waals surface area contributed by atoms with Crippen molar-refractivity contribution in [2.45, 2.75) is 39.0 Å². The fourth-order valence-electron chi connectivity index (χ4n) is 4.36. The second kappa shape index (κ2) is 6.42. The average Bonchev–Trinajstić information content (AvgIpc) is 3.03. The van der Waals surface area contributed by atoms with E-state index in [-0.39, 0.29) is 5.91 Å². The molecule has 0 bridgehead atoms. The van der Waals surface area contributed by atoms with Crippen LogP contribution in [0, 0.1) is 18.8 Å². The third kappa shape index (κ3) is 2.74. The highest BCUT2D eigenvalue weighted by Gasteiger charge is 2.35. The van der Waals surface area contributed by atoms with Gasteiger partial charge in [0.15, 0.2) is 0 Å². The van der Waals surface area contributed by atoms with E-state index in [4.69, 9.17) is 4.52 Å². The lowest BCUT2D eigenvalue weighted by molar-refractivity contribution is 0.0520. The summed E-state index contributed by atoms with van der Waals surface area (Å²) in [5.74, 6) is 2.19. The standard InChI is InChI=1S/C20H24N2O2/c1-14-18(19(21-24-14)16-8-3-2-4-9-16)20(23)22-12-11-15-7-5-6-10-17(15)13-22/h2-4,8-9,15,17H,5-7,10-13H2,1H3/t15-,17+/m0/s1. The van der Waals surface area contributed by atoms with E-state index in [1.165, 1.54) is 25.7 Å². The quantitative estimate of drug-likeness (QED) is 0.827. The molecule has 1 saturated carbocycles. The molecule has 0 N–H and O–H groups in total. The van der Waals surface area contributed by atoms with Gasteiger partial charge in [0.1, 0.15) is 17.0 Å². The van der Waals surface area contributed by atoms with E-state index in [9.17, 15) is 4.79 Å². The van der Waals surface area contributed by atoms with E-state index in [1.54, 1.807) is 0 Å². The Balaban J connectivity index is 1.60. The molecule has 1 aliphatic carbocycles. The maximum atomic E-state index is 13.2. The highest BCUT2D eigenvalue weighted by molar-refractivity contribution is 6.00. The summed E-state index contributed by atoms with van der Waals surface area (Å²) in [5, 5.41) is 4.16. The number of likely N-dealkylation sites (tertiary alicyclic amines) is 1. The molecule has 1 aromatic heterocycles. The SMILES string of the molecule is Cc1onc(-c2ccccc2)c1C(=O)N1CC[C@@H]2CCCC[C@@H]2C1. The number of aromatic nitrogens is 1. The van der Waals surface area contributed by atoms with Crippen LogP contribution in [0.3, 0.4) is 0 Å². The Kier molecular flexibility index (Phi) is 4.13. The lowest BCUT2D eigenvalue weighted by Crippen LogP contribution is -2.45. The Morgan fingerprint density at radius 3 is 2.67 bits per heavy atom. The summed E-state index contributed by atoms with van der Waals surface area (Å²) in [4.78, 5) is 15.2. The van der Waals surface area contributed by atoms with Crippen molar-refractivity contribution in [3.8, 4) is 11.3 Å². The fourth-order valence-corrected chi connectivity index (χ4v) is 4.36. The predicted octanol–water partition coefficient (Wildman–Crippen LogP) is 4.30. The van der Waals surface area contributed by atoms with E-state index in [1.807, 2.05) is 42.2 Å². The Labute approximate surface area is 142 Å². The highest BCUT2D eigenvalue weighted by Crippen LogP contribution is 2.37. The van der Waals surface area contributed by atoms with Crippen LogP contribution in [-0.2, 0) is 0 Å². The topological polar surface area (TPSA) is 46.3 Å². The Morgan fingerprint density at radius 2 is 1.88 bits per heavy atom. The summed E-state index contributed by atoms with van der Waals surface area (Å²) < 4.78 is 5.37. The summed E-state index contributed by atoms with van der Waals surface area (Å²) in [7, 11) is 0. The van der Waals surface area contributed by atoms with Crippen molar-refractivity contribution in [3.05, 3.63) is 41.7 Å². The van der Waals surface area contributed by atoms with Crippen molar-refractivity contribution in [1.82, 2.24) is 10.1 Å². The molecule has 2 aliphatic rings. The number of hydrogen-bond donors (Lipinski definition) is 0. The monoisotopic (exact) mass is 324 g/mol. The van der Waals surface area contributed by atoms with Crippen molar-refractivity contribution < 1.29 is 9.32 Å². The molecular weight excluding hydrogens is 300 g/mol. The van der Waals surface area contributed by atoms with Gasteiger partial charge in [-0.1, -0.05) is 54.8 Å². The van der Waals surface area contributed by atoms with Crippen LogP contribution < -0.4 is 0 Å². The lowest BCUT2D eigenvalue weighted by atomic mass is 9.75. The molecule has 4 rings (SSSR count). The largest absolute Gasteiger partial charge is 0.360 e.